The first kappa shape index (κ1) is 10.7. The van der Waals surface area contributed by atoms with Crippen molar-refractivity contribution in [3.63, 3.8) is 0 Å². The van der Waals surface area contributed by atoms with Crippen LogP contribution in [0.5, 0.6) is 0 Å². The summed E-state index contributed by atoms with van der Waals surface area (Å²) in [6, 6.07) is 0.412. The van der Waals surface area contributed by atoms with E-state index in [2.05, 4.69) is 25.9 Å². The van der Waals surface area contributed by atoms with Gasteiger partial charge in [0.1, 0.15) is 0 Å². The molecule has 0 aromatic heterocycles. The van der Waals surface area contributed by atoms with E-state index >= 15 is 0 Å². The van der Waals surface area contributed by atoms with Crippen molar-refractivity contribution >= 4 is 0 Å². The third kappa shape index (κ3) is 2.32. The van der Waals surface area contributed by atoms with Crippen LogP contribution in [0.2, 0.25) is 0 Å². The Hall–Kier alpha value is -0.340. The van der Waals surface area contributed by atoms with Crippen molar-refractivity contribution in [1.82, 2.24) is 5.43 Å². The van der Waals surface area contributed by atoms with Crippen molar-refractivity contribution in [3.8, 4) is 0 Å². The van der Waals surface area contributed by atoms with Gasteiger partial charge in [-0.25, -0.2) is 0 Å². The minimum atomic E-state index is 0.412. The van der Waals surface area contributed by atoms with Gasteiger partial charge in [0.25, 0.3) is 0 Å². The quantitative estimate of drug-likeness (QED) is 0.397. The van der Waals surface area contributed by atoms with Gasteiger partial charge < -0.3 is 0 Å². The smallest absolute Gasteiger partial charge is 0.0278 e. The van der Waals surface area contributed by atoms with Gasteiger partial charge in [0.05, 0.1) is 0 Å². The lowest BCUT2D eigenvalue weighted by Gasteiger charge is -2.33. The van der Waals surface area contributed by atoms with E-state index in [0.717, 1.165) is 6.42 Å². The summed E-state index contributed by atoms with van der Waals surface area (Å²) in [6.07, 6.45) is 6.90. The highest BCUT2D eigenvalue weighted by molar-refractivity contribution is 4.93. The molecule has 0 spiro atoms. The molecule has 1 aliphatic rings. The summed E-state index contributed by atoms with van der Waals surface area (Å²) in [5, 5.41) is 0. The van der Waals surface area contributed by atoms with Gasteiger partial charge in [-0.15, -0.1) is 6.58 Å². The zero-order chi connectivity index (χ0) is 9.90. The summed E-state index contributed by atoms with van der Waals surface area (Å²) < 4.78 is 0. The molecule has 1 aliphatic carbocycles. The maximum absolute atomic E-state index is 5.56. The molecule has 1 fully saturated rings. The van der Waals surface area contributed by atoms with E-state index in [1.165, 1.54) is 19.3 Å². The Kier molecular flexibility index (Phi) is 3.51. The predicted molar refractivity (Wildman–Crippen MR) is 57.0 cm³/mol. The highest BCUT2D eigenvalue weighted by atomic mass is 15.2. The Balaban J connectivity index is 2.62. The minimum Gasteiger partial charge on any atom is -0.271 e. The second-order valence-electron chi connectivity index (χ2n) is 4.78. The summed E-state index contributed by atoms with van der Waals surface area (Å²) in [5.74, 6) is 6.27. The van der Waals surface area contributed by atoms with Crippen LogP contribution in [0.1, 0.15) is 39.5 Å². The second-order valence-corrected chi connectivity index (χ2v) is 4.78. The first-order valence-corrected chi connectivity index (χ1v) is 5.19. The molecule has 13 heavy (non-hydrogen) atoms. The Labute approximate surface area is 81.6 Å². The van der Waals surface area contributed by atoms with E-state index in [1.807, 2.05) is 6.08 Å². The van der Waals surface area contributed by atoms with Crippen LogP contribution in [0.25, 0.3) is 0 Å². The average molecular weight is 182 g/mol. The van der Waals surface area contributed by atoms with Crippen molar-refractivity contribution in [1.29, 1.82) is 0 Å². The van der Waals surface area contributed by atoms with Crippen LogP contribution in [0.4, 0.5) is 0 Å². The fourth-order valence-corrected chi connectivity index (χ4v) is 2.63. The van der Waals surface area contributed by atoms with E-state index < -0.39 is 0 Å². The molecular formula is C11H22N2. The van der Waals surface area contributed by atoms with Crippen molar-refractivity contribution in [2.24, 2.45) is 17.2 Å². The summed E-state index contributed by atoms with van der Waals surface area (Å²) in [7, 11) is 0. The molecule has 2 unspecified atom stereocenters. The molecule has 2 nitrogen and oxygen atoms in total. The number of hydrogen-bond donors (Lipinski definition) is 2. The third-order valence-electron chi connectivity index (χ3n) is 3.46. The van der Waals surface area contributed by atoms with E-state index in [9.17, 15) is 0 Å². The summed E-state index contributed by atoms with van der Waals surface area (Å²) in [5.41, 5.74) is 3.37. The normalized spacial score (nSPS) is 28.7. The number of hydrazine groups is 1. The first-order valence-electron chi connectivity index (χ1n) is 5.19. The lowest BCUT2D eigenvalue weighted by Crippen LogP contribution is -2.44. The molecule has 0 aromatic carbocycles. The molecule has 0 aromatic rings. The zero-order valence-corrected chi connectivity index (χ0v) is 8.84. The van der Waals surface area contributed by atoms with Crippen LogP contribution < -0.4 is 11.3 Å². The fraction of sp³-hybridized carbons (Fsp3) is 0.818. The third-order valence-corrected chi connectivity index (χ3v) is 3.46. The molecule has 76 valence electrons. The fourth-order valence-electron chi connectivity index (χ4n) is 2.63. The molecule has 0 heterocycles. The molecule has 0 bridgehead atoms. The van der Waals surface area contributed by atoms with Crippen LogP contribution in [-0.4, -0.2) is 6.04 Å². The molecule has 0 amide bonds. The van der Waals surface area contributed by atoms with Crippen LogP contribution >= 0.6 is 0 Å². The molecule has 1 rings (SSSR count). The molecule has 0 aliphatic heterocycles. The van der Waals surface area contributed by atoms with Crippen LogP contribution in [0, 0.1) is 11.3 Å². The Bertz CT molecular complexity index is 175. The van der Waals surface area contributed by atoms with Crippen LogP contribution in [-0.2, 0) is 0 Å². The molecule has 0 radical (unpaired) electrons. The van der Waals surface area contributed by atoms with Gasteiger partial charge in [-0.05, 0) is 30.6 Å². The molecule has 0 saturated heterocycles. The lowest BCUT2D eigenvalue weighted by molar-refractivity contribution is 0.198. The van der Waals surface area contributed by atoms with Crippen molar-refractivity contribution in [2.75, 3.05) is 0 Å². The van der Waals surface area contributed by atoms with E-state index in [-0.39, 0.29) is 0 Å². The molecule has 3 N–H and O–H groups in total. The number of rotatable bonds is 4. The second kappa shape index (κ2) is 4.25. The van der Waals surface area contributed by atoms with Gasteiger partial charge in [-0.3, -0.25) is 11.3 Å². The number of hydrogen-bond acceptors (Lipinski definition) is 2. The molecule has 1 saturated carbocycles. The highest BCUT2D eigenvalue weighted by Gasteiger charge is 2.38. The molecule has 2 atom stereocenters. The van der Waals surface area contributed by atoms with Crippen molar-refractivity contribution in [2.45, 2.75) is 45.6 Å². The van der Waals surface area contributed by atoms with Gasteiger partial charge in [0, 0.05) is 6.04 Å². The minimum absolute atomic E-state index is 0.412. The van der Waals surface area contributed by atoms with Gasteiger partial charge in [0.15, 0.2) is 0 Å². The van der Waals surface area contributed by atoms with E-state index in [0.29, 0.717) is 17.4 Å². The van der Waals surface area contributed by atoms with E-state index in [1.54, 1.807) is 0 Å². The summed E-state index contributed by atoms with van der Waals surface area (Å²) >= 11 is 0. The Morgan fingerprint density at radius 2 is 2.38 bits per heavy atom. The standard InChI is InChI=1S/C11H22N2/c1-4-6-10(13-12)9-7-5-8-11(9,2)3/h4,9-10,13H,1,5-8,12H2,2-3H3. The van der Waals surface area contributed by atoms with Gasteiger partial charge in [-0.2, -0.15) is 0 Å². The number of nitrogens with one attached hydrogen (secondary N) is 1. The number of nitrogens with two attached hydrogens (primary N) is 1. The van der Waals surface area contributed by atoms with Gasteiger partial charge >= 0.3 is 0 Å². The zero-order valence-electron chi connectivity index (χ0n) is 8.84. The predicted octanol–water partition coefficient (Wildman–Crippen LogP) is 2.22. The Morgan fingerprint density at radius 1 is 1.69 bits per heavy atom. The Morgan fingerprint density at radius 3 is 2.77 bits per heavy atom. The van der Waals surface area contributed by atoms with Crippen molar-refractivity contribution < 1.29 is 0 Å². The molecule has 2 heteroatoms. The maximum atomic E-state index is 5.56. The van der Waals surface area contributed by atoms with Gasteiger partial charge in [-0.1, -0.05) is 26.3 Å². The highest BCUT2D eigenvalue weighted by Crippen LogP contribution is 2.44. The van der Waals surface area contributed by atoms with Crippen molar-refractivity contribution in [3.05, 3.63) is 12.7 Å². The summed E-state index contributed by atoms with van der Waals surface area (Å²) in [4.78, 5) is 0. The van der Waals surface area contributed by atoms with Crippen LogP contribution in [0.3, 0.4) is 0 Å². The summed E-state index contributed by atoms with van der Waals surface area (Å²) in [6.45, 7) is 8.46. The van der Waals surface area contributed by atoms with Gasteiger partial charge in [0.2, 0.25) is 0 Å². The largest absolute Gasteiger partial charge is 0.271 e. The lowest BCUT2D eigenvalue weighted by atomic mass is 9.77. The molecular weight excluding hydrogens is 160 g/mol. The first-order chi connectivity index (χ1) is 6.11. The maximum Gasteiger partial charge on any atom is 0.0278 e. The van der Waals surface area contributed by atoms with E-state index in [4.69, 9.17) is 5.84 Å². The average Bonchev–Trinajstić information content (AvgIpc) is 2.41. The monoisotopic (exact) mass is 182 g/mol. The SMILES string of the molecule is C=CCC(NN)C1CCCC1(C)C. The topological polar surface area (TPSA) is 38.0 Å². The van der Waals surface area contributed by atoms with Crippen LogP contribution in [0.15, 0.2) is 12.7 Å².